The zero-order valence-corrected chi connectivity index (χ0v) is 28.0. The summed E-state index contributed by atoms with van der Waals surface area (Å²) in [4.78, 5) is 0. The molecule has 0 amide bonds. The SMILES string of the molecule is C1CCC([PH+](C2CCCCC2)C2CCCCC2)CC1.CC(C)Oc1cccc([CH]=[Ru]([Cl])[Cl])c1OC(C)C. The van der Waals surface area contributed by atoms with Gasteiger partial charge >= 0.3 is 122 Å². The Hall–Kier alpha value is 0.323. The molecule has 214 valence electrons. The first-order chi connectivity index (χ1) is 17.8. The zero-order chi connectivity index (χ0) is 26.6. The Morgan fingerprint density at radius 2 is 1.14 bits per heavy atom. The molecule has 0 N–H and O–H groups in total. The van der Waals surface area contributed by atoms with Gasteiger partial charge in [-0.15, -0.1) is 0 Å². The molecular formula is C31H52Cl2O2PRu+. The van der Waals surface area contributed by atoms with Crippen molar-refractivity contribution in [2.45, 2.75) is 153 Å². The van der Waals surface area contributed by atoms with Crippen molar-refractivity contribution in [2.75, 3.05) is 0 Å². The summed E-state index contributed by atoms with van der Waals surface area (Å²) >= 11 is -1.88. The number of ether oxygens (including phenoxy) is 2. The molecule has 3 aliphatic carbocycles. The van der Waals surface area contributed by atoms with E-state index in [9.17, 15) is 0 Å². The van der Waals surface area contributed by atoms with E-state index in [2.05, 4.69) is 0 Å². The standard InChI is InChI=1S/C18H33P.C13H18O2.2ClH.Ru/c1-4-10-16(11-5-1)19(17-12-6-2-7-13-17)18-14-8-3-9-15-18;1-9(2)14-12-8-6-7-11(5)13(12)15-10(3)4;;;/h16-18H,1-15H2;5-10H,1-4H3;2*1H;/q;;;;+2/p-1. The van der Waals surface area contributed by atoms with Gasteiger partial charge in [-0.05, 0) is 77.0 Å². The van der Waals surface area contributed by atoms with Crippen LogP contribution in [-0.2, 0) is 13.5 Å². The van der Waals surface area contributed by atoms with Crippen LogP contribution in [-0.4, -0.2) is 33.8 Å². The van der Waals surface area contributed by atoms with Crippen molar-refractivity contribution in [2.24, 2.45) is 0 Å². The van der Waals surface area contributed by atoms with E-state index in [1.807, 2.05) is 50.5 Å². The van der Waals surface area contributed by atoms with E-state index in [4.69, 9.17) is 28.9 Å². The molecule has 2 nitrogen and oxygen atoms in total. The Morgan fingerprint density at radius 3 is 1.51 bits per heavy atom. The van der Waals surface area contributed by atoms with Crippen LogP contribution in [0, 0.1) is 0 Å². The Labute approximate surface area is 242 Å². The average Bonchev–Trinajstić information content (AvgIpc) is 2.88. The average molecular weight is 660 g/mol. The second kappa shape index (κ2) is 17.2. The van der Waals surface area contributed by atoms with Crippen LogP contribution >= 0.6 is 27.3 Å². The van der Waals surface area contributed by atoms with E-state index in [1.54, 1.807) is 96.3 Å². The van der Waals surface area contributed by atoms with Crippen LogP contribution in [0.3, 0.4) is 0 Å². The summed E-state index contributed by atoms with van der Waals surface area (Å²) in [5.41, 5.74) is 4.59. The van der Waals surface area contributed by atoms with Crippen LogP contribution in [0.5, 0.6) is 11.5 Å². The van der Waals surface area contributed by atoms with Gasteiger partial charge in [0.25, 0.3) is 0 Å². The number of halogens is 2. The van der Waals surface area contributed by atoms with Crippen molar-refractivity contribution in [3.05, 3.63) is 23.8 Å². The Bertz CT molecular complexity index is 767. The van der Waals surface area contributed by atoms with Gasteiger partial charge in [0.2, 0.25) is 0 Å². The van der Waals surface area contributed by atoms with E-state index in [0.29, 0.717) is 0 Å². The topological polar surface area (TPSA) is 18.5 Å². The van der Waals surface area contributed by atoms with E-state index in [-0.39, 0.29) is 20.1 Å². The number of hydrogen-bond donors (Lipinski definition) is 0. The van der Waals surface area contributed by atoms with E-state index < -0.39 is 13.5 Å². The van der Waals surface area contributed by atoms with Crippen LogP contribution in [0.25, 0.3) is 0 Å². The fraction of sp³-hybridized carbons (Fsp3) is 0.774. The molecule has 0 bridgehead atoms. The minimum absolute atomic E-state index is 0.0465. The quantitative estimate of drug-likeness (QED) is 0.204. The summed E-state index contributed by atoms with van der Waals surface area (Å²) in [6.07, 6.45) is 24.0. The first kappa shape index (κ1) is 31.8. The van der Waals surface area contributed by atoms with Crippen molar-refractivity contribution in [3.63, 3.8) is 0 Å². The maximum atomic E-state index is 5.94. The molecule has 4 rings (SSSR count). The fourth-order valence-electron chi connectivity index (χ4n) is 6.71. The van der Waals surface area contributed by atoms with E-state index >= 15 is 0 Å². The molecule has 0 radical (unpaired) electrons. The number of rotatable bonds is 8. The van der Waals surface area contributed by atoms with Crippen molar-refractivity contribution < 1.29 is 23.0 Å². The summed E-state index contributed by atoms with van der Waals surface area (Å²) in [7, 11) is 11.8. The third kappa shape index (κ3) is 11.0. The summed E-state index contributed by atoms with van der Waals surface area (Å²) in [5, 5.41) is 0. The normalized spacial score (nSPS) is 20.5. The fourth-order valence-corrected chi connectivity index (χ4v) is 13.7. The van der Waals surface area contributed by atoms with Gasteiger partial charge in [-0.25, -0.2) is 0 Å². The van der Waals surface area contributed by atoms with Gasteiger partial charge in [-0.3, -0.25) is 0 Å². The van der Waals surface area contributed by atoms with Crippen LogP contribution in [0.1, 0.15) is 130 Å². The monoisotopic (exact) mass is 659 g/mol. The molecule has 1 aromatic carbocycles. The molecule has 0 aromatic heterocycles. The van der Waals surface area contributed by atoms with Gasteiger partial charge in [-0.2, -0.15) is 0 Å². The van der Waals surface area contributed by atoms with Gasteiger partial charge in [0.1, 0.15) is 0 Å². The molecule has 0 unspecified atom stereocenters. The van der Waals surface area contributed by atoms with Gasteiger partial charge < -0.3 is 0 Å². The number of benzene rings is 1. The number of hydrogen-bond acceptors (Lipinski definition) is 2. The maximum absolute atomic E-state index is 5.94. The van der Waals surface area contributed by atoms with Crippen molar-refractivity contribution >= 4 is 31.9 Å². The zero-order valence-electron chi connectivity index (χ0n) is 23.7. The molecule has 6 heteroatoms. The second-order valence-corrected chi connectivity index (χ2v) is 21.0. The van der Waals surface area contributed by atoms with E-state index in [0.717, 1.165) is 17.1 Å². The predicted molar refractivity (Wildman–Crippen MR) is 164 cm³/mol. The third-order valence-corrected chi connectivity index (χ3v) is 14.5. The summed E-state index contributed by atoms with van der Waals surface area (Å²) < 4.78 is 13.5. The molecule has 37 heavy (non-hydrogen) atoms. The predicted octanol–water partition coefficient (Wildman–Crippen LogP) is 10.5. The Balaban J connectivity index is 0.000000206. The molecule has 3 saturated carbocycles. The molecule has 1 aromatic rings. The Morgan fingerprint density at radius 1 is 0.703 bits per heavy atom. The molecule has 0 heterocycles. The third-order valence-electron chi connectivity index (χ3n) is 8.14. The summed E-state index contributed by atoms with van der Waals surface area (Å²) in [6.45, 7) is 7.92. The van der Waals surface area contributed by atoms with Crippen LogP contribution in [0.2, 0.25) is 0 Å². The van der Waals surface area contributed by atoms with Crippen LogP contribution in [0.15, 0.2) is 18.2 Å². The van der Waals surface area contributed by atoms with Crippen molar-refractivity contribution in [1.82, 2.24) is 0 Å². The van der Waals surface area contributed by atoms with Crippen molar-refractivity contribution in [3.8, 4) is 11.5 Å². The molecule has 0 spiro atoms. The molecule has 3 aliphatic rings. The molecule has 0 aliphatic heterocycles. The number of para-hydroxylation sites is 1. The minimum atomic E-state index is -1.88. The first-order valence-corrected chi connectivity index (χ1v) is 22.2. The Kier molecular flexibility index (Phi) is 14.8. The molecular weight excluding hydrogens is 607 g/mol. The van der Waals surface area contributed by atoms with Crippen molar-refractivity contribution in [1.29, 1.82) is 0 Å². The van der Waals surface area contributed by atoms with Gasteiger partial charge in [0.15, 0.2) is 0 Å². The molecule has 0 saturated heterocycles. The van der Waals surface area contributed by atoms with Crippen LogP contribution in [0.4, 0.5) is 0 Å². The van der Waals surface area contributed by atoms with E-state index in [1.165, 1.54) is 17.0 Å². The van der Waals surface area contributed by atoms with Gasteiger partial charge in [-0.1, -0.05) is 19.3 Å². The summed E-state index contributed by atoms with van der Waals surface area (Å²) in [6, 6.07) is 5.76. The first-order valence-electron chi connectivity index (χ1n) is 15.0. The summed E-state index contributed by atoms with van der Waals surface area (Å²) in [5.74, 6) is 1.46. The van der Waals surface area contributed by atoms with Crippen LogP contribution < -0.4 is 9.47 Å². The molecule has 0 atom stereocenters. The van der Waals surface area contributed by atoms with Gasteiger partial charge in [0, 0.05) is 7.92 Å². The molecule has 3 fully saturated rings. The van der Waals surface area contributed by atoms with Gasteiger partial charge in [0.05, 0.1) is 17.0 Å². The second-order valence-electron chi connectivity index (χ2n) is 11.8.